The summed E-state index contributed by atoms with van der Waals surface area (Å²) in [4.78, 5) is 0. The lowest BCUT2D eigenvalue weighted by molar-refractivity contribution is -0.0777. The van der Waals surface area contributed by atoms with E-state index < -0.39 is 0 Å². The van der Waals surface area contributed by atoms with Gasteiger partial charge in [0, 0.05) is 17.5 Å². The van der Waals surface area contributed by atoms with Crippen LogP contribution in [0.2, 0.25) is 0 Å². The third-order valence-electron chi connectivity index (χ3n) is 4.35. The van der Waals surface area contributed by atoms with Crippen LogP contribution in [0.3, 0.4) is 0 Å². The number of hydrogen-bond donors (Lipinski definition) is 1. The maximum Gasteiger partial charge on any atom is 0.128 e. The average Bonchev–Trinajstić information content (AvgIpc) is 2.51. The Morgan fingerprint density at radius 1 is 1.30 bits per heavy atom. The first-order chi connectivity index (χ1) is 9.16. The van der Waals surface area contributed by atoms with Gasteiger partial charge in [-0.1, -0.05) is 12.1 Å². The molecule has 112 valence electrons. The fraction of sp³-hybridized carbons (Fsp3) is 0.647. The molecule has 1 aliphatic rings. The van der Waals surface area contributed by atoms with Gasteiger partial charge in [-0.3, -0.25) is 0 Å². The monoisotopic (exact) mass is 279 g/mol. The summed E-state index contributed by atoms with van der Waals surface area (Å²) in [6.45, 7) is 10.3. The van der Waals surface area contributed by atoms with E-state index in [2.05, 4.69) is 33.0 Å². The number of benzene rings is 1. The minimum absolute atomic E-state index is 0.0348. The summed E-state index contributed by atoms with van der Waals surface area (Å²) in [5.41, 5.74) is 1.25. The zero-order valence-electron chi connectivity index (χ0n) is 13.4. The highest BCUT2D eigenvalue weighted by Gasteiger charge is 2.49. The van der Waals surface area contributed by atoms with Gasteiger partial charge in [0.25, 0.3) is 0 Å². The molecule has 0 aliphatic carbocycles. The van der Waals surface area contributed by atoms with Crippen molar-refractivity contribution >= 4 is 0 Å². The smallest absolute Gasteiger partial charge is 0.128 e. The van der Waals surface area contributed by atoms with Gasteiger partial charge in [0.1, 0.15) is 5.82 Å². The number of rotatable bonds is 3. The Balaban J connectivity index is 2.37. The molecule has 3 heteroatoms. The summed E-state index contributed by atoms with van der Waals surface area (Å²) < 4.78 is 20.5. The Morgan fingerprint density at radius 3 is 2.40 bits per heavy atom. The van der Waals surface area contributed by atoms with Crippen molar-refractivity contribution in [3.63, 3.8) is 0 Å². The molecule has 2 rings (SSSR count). The van der Waals surface area contributed by atoms with E-state index in [1.165, 1.54) is 0 Å². The standard InChI is InChI=1S/C17H26FNO/c1-11-7-8-12(14(18)9-11)15(19-6)13-10-16(2,3)20-17(13,4)5/h7-9,13,15,19H,10H2,1-6H3. The molecule has 0 bridgehead atoms. The van der Waals surface area contributed by atoms with Gasteiger partial charge in [-0.2, -0.15) is 0 Å². The van der Waals surface area contributed by atoms with Crippen molar-refractivity contribution in [3.05, 3.63) is 35.1 Å². The second-order valence-corrected chi connectivity index (χ2v) is 7.07. The zero-order valence-corrected chi connectivity index (χ0v) is 13.4. The first kappa shape index (κ1) is 15.5. The fourth-order valence-electron chi connectivity index (χ4n) is 3.58. The molecule has 0 radical (unpaired) electrons. The summed E-state index contributed by atoms with van der Waals surface area (Å²) in [7, 11) is 1.89. The van der Waals surface area contributed by atoms with Crippen LogP contribution in [0.15, 0.2) is 18.2 Å². The number of hydrogen-bond acceptors (Lipinski definition) is 2. The Morgan fingerprint density at radius 2 is 1.95 bits per heavy atom. The molecular weight excluding hydrogens is 253 g/mol. The molecule has 1 aromatic carbocycles. The molecule has 1 aliphatic heterocycles. The summed E-state index contributed by atoms with van der Waals surface area (Å²) in [5.74, 6) is 0.101. The largest absolute Gasteiger partial charge is 0.369 e. The second-order valence-electron chi connectivity index (χ2n) is 7.07. The molecule has 1 aromatic rings. The van der Waals surface area contributed by atoms with Crippen LogP contribution in [0, 0.1) is 18.7 Å². The highest BCUT2D eigenvalue weighted by molar-refractivity contribution is 5.27. The van der Waals surface area contributed by atoms with Crippen LogP contribution in [-0.2, 0) is 4.74 Å². The van der Waals surface area contributed by atoms with E-state index in [1.54, 1.807) is 6.07 Å². The first-order valence-corrected chi connectivity index (χ1v) is 7.30. The molecule has 2 atom stereocenters. The van der Waals surface area contributed by atoms with Crippen LogP contribution in [-0.4, -0.2) is 18.2 Å². The third-order valence-corrected chi connectivity index (χ3v) is 4.35. The molecule has 0 amide bonds. The van der Waals surface area contributed by atoms with Crippen molar-refractivity contribution in [2.24, 2.45) is 5.92 Å². The maximum absolute atomic E-state index is 14.3. The molecule has 20 heavy (non-hydrogen) atoms. The van der Waals surface area contributed by atoms with Crippen LogP contribution in [0.4, 0.5) is 4.39 Å². The quantitative estimate of drug-likeness (QED) is 0.903. The number of halogens is 1. The van der Waals surface area contributed by atoms with E-state index in [9.17, 15) is 4.39 Å². The molecule has 1 fully saturated rings. The molecule has 2 nitrogen and oxygen atoms in total. The van der Waals surface area contributed by atoms with E-state index in [0.29, 0.717) is 0 Å². The van der Waals surface area contributed by atoms with Crippen molar-refractivity contribution in [2.75, 3.05) is 7.05 Å². The summed E-state index contributed by atoms with van der Waals surface area (Å²) in [6.07, 6.45) is 0.915. The molecule has 2 unspecified atom stereocenters. The molecule has 1 saturated heterocycles. The van der Waals surface area contributed by atoms with Crippen molar-refractivity contribution in [3.8, 4) is 0 Å². The number of aryl methyl sites for hydroxylation is 1. The number of nitrogens with one attached hydrogen (secondary N) is 1. The predicted octanol–water partition coefficient (Wildman–Crippen LogP) is 3.99. The molecular formula is C17H26FNO. The Labute approximate surface area is 121 Å². The predicted molar refractivity (Wildman–Crippen MR) is 80.3 cm³/mol. The van der Waals surface area contributed by atoms with E-state index in [0.717, 1.165) is 17.5 Å². The van der Waals surface area contributed by atoms with Crippen LogP contribution in [0.1, 0.15) is 51.3 Å². The summed E-state index contributed by atoms with van der Waals surface area (Å²) >= 11 is 0. The van der Waals surface area contributed by atoms with Gasteiger partial charge in [0.05, 0.1) is 11.2 Å². The van der Waals surface area contributed by atoms with Crippen LogP contribution in [0.25, 0.3) is 0 Å². The Hall–Kier alpha value is -0.930. The SMILES string of the molecule is CNC(c1ccc(C)cc1F)C1CC(C)(C)OC1(C)C. The van der Waals surface area contributed by atoms with Gasteiger partial charge in [0.2, 0.25) is 0 Å². The average molecular weight is 279 g/mol. The zero-order chi connectivity index (χ0) is 15.1. The van der Waals surface area contributed by atoms with Gasteiger partial charge in [0.15, 0.2) is 0 Å². The van der Waals surface area contributed by atoms with Crippen molar-refractivity contribution < 1.29 is 9.13 Å². The van der Waals surface area contributed by atoms with Gasteiger partial charge >= 0.3 is 0 Å². The van der Waals surface area contributed by atoms with Gasteiger partial charge < -0.3 is 10.1 Å². The first-order valence-electron chi connectivity index (χ1n) is 7.30. The maximum atomic E-state index is 14.3. The Kier molecular flexibility index (Phi) is 3.96. The second kappa shape index (κ2) is 5.12. The molecule has 0 aromatic heterocycles. The molecule has 0 spiro atoms. The number of ether oxygens (including phenoxy) is 1. The van der Waals surface area contributed by atoms with E-state index in [1.807, 2.05) is 26.1 Å². The molecule has 0 saturated carbocycles. The summed E-state index contributed by atoms with van der Waals surface area (Å²) in [6, 6.07) is 5.43. The van der Waals surface area contributed by atoms with Crippen molar-refractivity contribution in [2.45, 2.75) is 58.3 Å². The van der Waals surface area contributed by atoms with E-state index in [4.69, 9.17) is 4.74 Å². The molecule has 1 N–H and O–H groups in total. The van der Waals surface area contributed by atoms with Gasteiger partial charge in [-0.25, -0.2) is 4.39 Å². The van der Waals surface area contributed by atoms with Crippen molar-refractivity contribution in [1.82, 2.24) is 5.32 Å². The Bertz CT molecular complexity index is 496. The summed E-state index contributed by atoms with van der Waals surface area (Å²) in [5, 5.41) is 3.29. The minimum Gasteiger partial charge on any atom is -0.369 e. The lowest BCUT2D eigenvalue weighted by Crippen LogP contribution is -2.37. The normalized spacial score (nSPS) is 25.6. The highest BCUT2D eigenvalue weighted by atomic mass is 19.1. The van der Waals surface area contributed by atoms with Crippen molar-refractivity contribution in [1.29, 1.82) is 0 Å². The third kappa shape index (κ3) is 2.89. The highest BCUT2D eigenvalue weighted by Crippen LogP contribution is 2.47. The minimum atomic E-state index is -0.269. The lowest BCUT2D eigenvalue weighted by Gasteiger charge is -2.33. The van der Waals surface area contributed by atoms with Crippen LogP contribution < -0.4 is 5.32 Å². The van der Waals surface area contributed by atoms with Gasteiger partial charge in [-0.05, 0) is 59.7 Å². The van der Waals surface area contributed by atoms with E-state index in [-0.39, 0.29) is 29.0 Å². The molecule has 1 heterocycles. The van der Waals surface area contributed by atoms with E-state index >= 15 is 0 Å². The van der Waals surface area contributed by atoms with Crippen LogP contribution in [0.5, 0.6) is 0 Å². The topological polar surface area (TPSA) is 21.3 Å². The lowest BCUT2D eigenvalue weighted by atomic mass is 9.78. The van der Waals surface area contributed by atoms with Crippen LogP contribution >= 0.6 is 0 Å². The van der Waals surface area contributed by atoms with Gasteiger partial charge in [-0.15, -0.1) is 0 Å². The fourth-order valence-corrected chi connectivity index (χ4v) is 3.58.